The molecule has 7 nitrogen and oxygen atoms in total. The molecular weight excluding hydrogens is 261 g/mol. The van der Waals surface area contributed by atoms with E-state index in [-0.39, 0.29) is 0 Å². The van der Waals surface area contributed by atoms with Crippen LogP contribution in [0, 0.1) is 15.9 Å². The smallest absolute Gasteiger partial charge is 0.308 e. The fraction of sp³-hybridized carbons (Fsp3) is 0.364. The average Bonchev–Trinajstić information content (AvgIpc) is 2.37. The number of nitro groups is 1. The van der Waals surface area contributed by atoms with Crippen molar-refractivity contribution in [3.05, 3.63) is 39.7 Å². The fourth-order valence-corrected chi connectivity index (χ4v) is 1.44. The number of aliphatic hydroxyl groups excluding tert-OH is 2. The Morgan fingerprint density at radius 1 is 1.53 bits per heavy atom. The number of nitrogens with zero attached hydrogens (tertiary/aromatic N) is 1. The summed E-state index contributed by atoms with van der Waals surface area (Å²) in [5, 5.41) is 29.8. The highest BCUT2D eigenvalue weighted by Crippen LogP contribution is 2.26. The summed E-state index contributed by atoms with van der Waals surface area (Å²) in [6.07, 6.45) is -3.94. The zero-order valence-corrected chi connectivity index (χ0v) is 9.95. The van der Waals surface area contributed by atoms with Crippen LogP contribution in [0.25, 0.3) is 0 Å². The van der Waals surface area contributed by atoms with Crippen molar-refractivity contribution >= 4 is 11.7 Å². The predicted octanol–water partition coefficient (Wildman–Crippen LogP) is 0.691. The van der Waals surface area contributed by atoms with Crippen molar-refractivity contribution in [1.29, 1.82) is 0 Å². The van der Waals surface area contributed by atoms with Crippen molar-refractivity contribution in [3.8, 4) is 0 Å². The Hall–Kier alpha value is -2.06. The van der Waals surface area contributed by atoms with Crippen LogP contribution in [0.4, 0.5) is 10.1 Å². The maximum atomic E-state index is 13.5. The Balaban J connectivity index is 2.97. The maximum absolute atomic E-state index is 13.5. The minimum absolute atomic E-state index is 0.430. The lowest BCUT2D eigenvalue weighted by atomic mass is 10.0. The van der Waals surface area contributed by atoms with Gasteiger partial charge in [-0.25, -0.2) is 4.39 Å². The van der Waals surface area contributed by atoms with E-state index in [4.69, 9.17) is 0 Å². The number of methoxy groups -OCH3 is 1. The molecule has 0 aliphatic heterocycles. The van der Waals surface area contributed by atoms with E-state index in [1.165, 1.54) is 0 Å². The highest BCUT2D eigenvalue weighted by molar-refractivity contribution is 5.69. The number of non-ortho nitro benzene ring substituents is 1. The van der Waals surface area contributed by atoms with Crippen LogP contribution in [0.3, 0.4) is 0 Å². The lowest BCUT2D eigenvalue weighted by molar-refractivity contribution is -0.385. The standard InChI is InChI=1S/C11H12FNO6/c1-19-10(15)5-9(14)11(16)7-4-6(13(17)18)2-3-8(7)12/h2-4,9,11,14,16H,5H2,1H3. The van der Waals surface area contributed by atoms with Gasteiger partial charge in [0.25, 0.3) is 5.69 Å². The van der Waals surface area contributed by atoms with Gasteiger partial charge in [0.1, 0.15) is 11.9 Å². The highest BCUT2D eigenvalue weighted by Gasteiger charge is 2.26. The first-order valence-corrected chi connectivity index (χ1v) is 5.23. The van der Waals surface area contributed by atoms with Crippen LogP contribution < -0.4 is 0 Å². The summed E-state index contributed by atoms with van der Waals surface area (Å²) in [7, 11) is 1.09. The monoisotopic (exact) mass is 273 g/mol. The Labute approximate surface area is 107 Å². The summed E-state index contributed by atoms with van der Waals surface area (Å²) >= 11 is 0. The number of hydrogen-bond donors (Lipinski definition) is 2. The number of carbonyl (C=O) groups is 1. The van der Waals surface area contributed by atoms with Crippen LogP contribution in [0.15, 0.2) is 18.2 Å². The molecule has 1 rings (SSSR count). The van der Waals surface area contributed by atoms with E-state index in [1.807, 2.05) is 0 Å². The lowest BCUT2D eigenvalue weighted by Crippen LogP contribution is -2.23. The van der Waals surface area contributed by atoms with E-state index in [0.717, 1.165) is 25.3 Å². The molecule has 8 heteroatoms. The SMILES string of the molecule is COC(=O)CC(O)C(O)c1cc([N+](=O)[O-])ccc1F. The molecule has 2 N–H and O–H groups in total. The van der Waals surface area contributed by atoms with Gasteiger partial charge in [0.15, 0.2) is 0 Å². The Bertz CT molecular complexity index is 492. The second kappa shape index (κ2) is 6.21. The first kappa shape index (κ1) is 15.0. The molecule has 104 valence electrons. The molecule has 0 fully saturated rings. The molecule has 2 unspecified atom stereocenters. The van der Waals surface area contributed by atoms with Crippen LogP contribution in [0.5, 0.6) is 0 Å². The van der Waals surface area contributed by atoms with Crippen molar-refractivity contribution in [3.63, 3.8) is 0 Å². The lowest BCUT2D eigenvalue weighted by Gasteiger charge is -2.17. The van der Waals surface area contributed by atoms with E-state index in [1.54, 1.807) is 0 Å². The van der Waals surface area contributed by atoms with E-state index in [2.05, 4.69) is 4.74 Å². The van der Waals surface area contributed by atoms with Crippen molar-refractivity contribution < 1.29 is 29.1 Å². The number of halogens is 1. The molecule has 0 aromatic heterocycles. The number of rotatable bonds is 5. The van der Waals surface area contributed by atoms with Gasteiger partial charge in [0.05, 0.1) is 24.6 Å². The summed E-state index contributed by atoms with van der Waals surface area (Å²) in [5.41, 5.74) is -0.883. The molecule has 0 spiro atoms. The molecule has 0 radical (unpaired) electrons. The number of nitro benzene ring substituents is 1. The third-order valence-electron chi connectivity index (χ3n) is 2.48. The van der Waals surface area contributed by atoms with Crippen LogP contribution in [-0.4, -0.2) is 34.3 Å². The molecule has 0 amide bonds. The summed E-state index contributed by atoms with van der Waals surface area (Å²) in [5.74, 6) is -1.71. The molecular formula is C11H12FNO6. The Kier molecular flexibility index (Phi) is 4.90. The topological polar surface area (TPSA) is 110 Å². The van der Waals surface area contributed by atoms with Crippen molar-refractivity contribution in [2.45, 2.75) is 18.6 Å². The van der Waals surface area contributed by atoms with Crippen LogP contribution >= 0.6 is 0 Å². The minimum Gasteiger partial charge on any atom is -0.469 e. The maximum Gasteiger partial charge on any atom is 0.308 e. The third kappa shape index (κ3) is 3.70. The molecule has 2 atom stereocenters. The number of esters is 1. The number of hydrogen-bond acceptors (Lipinski definition) is 6. The van der Waals surface area contributed by atoms with Crippen molar-refractivity contribution in [1.82, 2.24) is 0 Å². The van der Waals surface area contributed by atoms with E-state index >= 15 is 0 Å². The second-order valence-electron chi connectivity index (χ2n) is 3.76. The zero-order valence-electron chi connectivity index (χ0n) is 9.95. The number of aliphatic hydroxyl groups is 2. The largest absolute Gasteiger partial charge is 0.469 e. The number of benzene rings is 1. The van der Waals surface area contributed by atoms with Gasteiger partial charge in [-0.3, -0.25) is 14.9 Å². The van der Waals surface area contributed by atoms with Gasteiger partial charge in [-0.2, -0.15) is 0 Å². The zero-order chi connectivity index (χ0) is 14.6. The van der Waals surface area contributed by atoms with Gasteiger partial charge in [-0.1, -0.05) is 0 Å². The minimum atomic E-state index is -1.76. The molecule has 0 saturated heterocycles. The van der Waals surface area contributed by atoms with Gasteiger partial charge in [-0.15, -0.1) is 0 Å². The van der Waals surface area contributed by atoms with Crippen molar-refractivity contribution in [2.24, 2.45) is 0 Å². The quantitative estimate of drug-likeness (QED) is 0.464. The summed E-state index contributed by atoms with van der Waals surface area (Å²) < 4.78 is 17.7. The highest BCUT2D eigenvalue weighted by atomic mass is 19.1. The molecule has 1 aromatic carbocycles. The molecule has 0 aliphatic rings. The predicted molar refractivity (Wildman–Crippen MR) is 60.7 cm³/mol. The summed E-state index contributed by atoms with van der Waals surface area (Å²) in [6.45, 7) is 0. The average molecular weight is 273 g/mol. The van der Waals surface area contributed by atoms with Crippen molar-refractivity contribution in [2.75, 3.05) is 7.11 Å². The summed E-state index contributed by atoms with van der Waals surface area (Å²) in [6, 6.07) is 2.54. The van der Waals surface area contributed by atoms with Gasteiger partial charge in [0.2, 0.25) is 0 Å². The number of ether oxygens (including phenoxy) is 1. The Morgan fingerprint density at radius 3 is 2.68 bits per heavy atom. The van der Waals surface area contributed by atoms with E-state index in [0.29, 0.717) is 0 Å². The first-order chi connectivity index (χ1) is 8.86. The molecule has 1 aromatic rings. The van der Waals surface area contributed by atoms with E-state index in [9.17, 15) is 29.5 Å². The van der Waals surface area contributed by atoms with Gasteiger partial charge in [-0.05, 0) is 6.07 Å². The van der Waals surface area contributed by atoms with Crippen LogP contribution in [0.2, 0.25) is 0 Å². The third-order valence-corrected chi connectivity index (χ3v) is 2.48. The van der Waals surface area contributed by atoms with Gasteiger partial charge < -0.3 is 14.9 Å². The number of carbonyl (C=O) groups excluding carboxylic acids is 1. The normalized spacial score (nSPS) is 13.7. The molecule has 0 aliphatic carbocycles. The van der Waals surface area contributed by atoms with Gasteiger partial charge >= 0.3 is 5.97 Å². The van der Waals surface area contributed by atoms with Crippen LogP contribution in [-0.2, 0) is 9.53 Å². The van der Waals surface area contributed by atoms with Gasteiger partial charge in [0, 0.05) is 17.7 Å². The molecule has 0 saturated carbocycles. The van der Waals surface area contributed by atoms with Crippen LogP contribution in [0.1, 0.15) is 18.1 Å². The van der Waals surface area contributed by atoms with E-state index < -0.39 is 46.6 Å². The first-order valence-electron chi connectivity index (χ1n) is 5.23. The second-order valence-corrected chi connectivity index (χ2v) is 3.76. The molecule has 19 heavy (non-hydrogen) atoms. The molecule has 0 bridgehead atoms. The molecule has 0 heterocycles. The Morgan fingerprint density at radius 2 is 2.16 bits per heavy atom. The fourth-order valence-electron chi connectivity index (χ4n) is 1.44. The summed E-state index contributed by atoms with van der Waals surface area (Å²) in [4.78, 5) is 20.7.